The molecule has 1 saturated heterocycles. The standard InChI is InChI=1S/C29H33FN4O2/c1-20-21(2)34(18-22-8-12-24(30)13-9-22)29(26(20)17-31)32-28(35)19-33-16-6-4-5-7-27(33)23-10-14-25(36-3)15-11-23/h8-15,27H,4-7,16,18-19H2,1-3H3,(H,32,35). The first kappa shape index (κ1) is 25.5. The van der Waals surface area contributed by atoms with E-state index in [0.717, 1.165) is 54.8 Å². The Bertz CT molecular complexity index is 1240. The molecule has 2 heterocycles. The average Bonchev–Trinajstić information content (AvgIpc) is 3.02. The van der Waals surface area contributed by atoms with E-state index in [2.05, 4.69) is 28.4 Å². The van der Waals surface area contributed by atoms with Crippen LogP contribution in [-0.2, 0) is 11.3 Å². The molecular formula is C29H33FN4O2. The van der Waals surface area contributed by atoms with Gasteiger partial charge in [0, 0.05) is 18.3 Å². The Morgan fingerprint density at radius 2 is 1.83 bits per heavy atom. The van der Waals surface area contributed by atoms with Crippen LogP contribution in [0.1, 0.15) is 59.7 Å². The largest absolute Gasteiger partial charge is 0.497 e. The Balaban J connectivity index is 1.56. The number of anilines is 1. The lowest BCUT2D eigenvalue weighted by atomic mass is 10.0. The summed E-state index contributed by atoms with van der Waals surface area (Å²) < 4.78 is 20.6. The van der Waals surface area contributed by atoms with Crippen LogP contribution in [0.3, 0.4) is 0 Å². The van der Waals surface area contributed by atoms with Crippen molar-refractivity contribution in [3.63, 3.8) is 0 Å². The van der Waals surface area contributed by atoms with Gasteiger partial charge in [-0.2, -0.15) is 5.26 Å². The van der Waals surface area contributed by atoms with E-state index in [-0.39, 0.29) is 24.3 Å². The number of nitriles is 1. The molecule has 4 rings (SSSR count). The van der Waals surface area contributed by atoms with E-state index in [1.807, 2.05) is 30.5 Å². The molecule has 7 heteroatoms. The minimum Gasteiger partial charge on any atom is -0.497 e. The molecule has 0 radical (unpaired) electrons. The predicted octanol–water partition coefficient (Wildman–Crippen LogP) is 5.73. The summed E-state index contributed by atoms with van der Waals surface area (Å²) in [6, 6.07) is 16.8. The summed E-state index contributed by atoms with van der Waals surface area (Å²) in [5.74, 6) is 0.866. The molecule has 1 unspecified atom stereocenters. The third-order valence-corrected chi connectivity index (χ3v) is 7.16. The number of aromatic nitrogens is 1. The van der Waals surface area contributed by atoms with E-state index in [1.165, 1.54) is 17.7 Å². The molecule has 0 spiro atoms. The molecule has 36 heavy (non-hydrogen) atoms. The zero-order valence-corrected chi connectivity index (χ0v) is 21.2. The van der Waals surface area contributed by atoms with Crippen LogP contribution in [0.4, 0.5) is 10.2 Å². The number of halogens is 1. The molecule has 0 aliphatic carbocycles. The SMILES string of the molecule is COc1ccc(C2CCCCCN2CC(=O)Nc2c(C#N)c(C)c(C)n2Cc2ccc(F)cc2)cc1. The van der Waals surface area contributed by atoms with Gasteiger partial charge in [-0.05, 0) is 74.2 Å². The molecular weight excluding hydrogens is 455 g/mol. The fourth-order valence-electron chi connectivity index (χ4n) is 5.02. The van der Waals surface area contributed by atoms with Crippen molar-refractivity contribution in [1.82, 2.24) is 9.47 Å². The molecule has 1 aromatic heterocycles. The van der Waals surface area contributed by atoms with Gasteiger partial charge >= 0.3 is 0 Å². The summed E-state index contributed by atoms with van der Waals surface area (Å²) >= 11 is 0. The number of carbonyl (C=O) groups excluding carboxylic acids is 1. The normalized spacial score (nSPS) is 16.2. The molecule has 0 saturated carbocycles. The summed E-state index contributed by atoms with van der Waals surface area (Å²) in [5.41, 5.74) is 4.26. The average molecular weight is 489 g/mol. The molecule has 3 aromatic rings. The Hall–Kier alpha value is -3.63. The number of likely N-dealkylation sites (tertiary alicyclic amines) is 1. The van der Waals surface area contributed by atoms with Crippen molar-refractivity contribution in [2.45, 2.75) is 52.1 Å². The fourth-order valence-corrected chi connectivity index (χ4v) is 5.02. The molecule has 188 valence electrons. The number of amides is 1. The number of carbonyl (C=O) groups is 1. The molecule has 1 fully saturated rings. The third-order valence-electron chi connectivity index (χ3n) is 7.16. The van der Waals surface area contributed by atoms with Gasteiger partial charge in [-0.25, -0.2) is 4.39 Å². The zero-order valence-electron chi connectivity index (χ0n) is 21.2. The molecule has 1 amide bonds. The second-order valence-electron chi connectivity index (χ2n) is 9.42. The van der Waals surface area contributed by atoms with Gasteiger partial charge in [0.05, 0.1) is 19.2 Å². The lowest BCUT2D eigenvalue weighted by molar-refractivity contribution is -0.117. The van der Waals surface area contributed by atoms with Gasteiger partial charge in [-0.15, -0.1) is 0 Å². The van der Waals surface area contributed by atoms with E-state index >= 15 is 0 Å². The van der Waals surface area contributed by atoms with Crippen LogP contribution in [0.5, 0.6) is 5.75 Å². The number of benzene rings is 2. The highest BCUT2D eigenvalue weighted by molar-refractivity contribution is 5.93. The number of hydrogen-bond donors (Lipinski definition) is 1. The lowest BCUT2D eigenvalue weighted by Crippen LogP contribution is -2.36. The number of nitrogens with one attached hydrogen (secondary N) is 1. The zero-order chi connectivity index (χ0) is 25.7. The van der Waals surface area contributed by atoms with Crippen molar-refractivity contribution in [3.8, 4) is 11.8 Å². The Morgan fingerprint density at radius 3 is 2.50 bits per heavy atom. The number of rotatable bonds is 7. The highest BCUT2D eigenvalue weighted by Gasteiger charge is 2.26. The number of nitrogens with zero attached hydrogens (tertiary/aromatic N) is 3. The van der Waals surface area contributed by atoms with Crippen LogP contribution in [0.25, 0.3) is 0 Å². The first-order chi connectivity index (χ1) is 17.4. The topological polar surface area (TPSA) is 70.3 Å². The third kappa shape index (κ3) is 5.60. The van der Waals surface area contributed by atoms with Crippen molar-refractivity contribution in [1.29, 1.82) is 5.26 Å². The van der Waals surface area contributed by atoms with Crippen molar-refractivity contribution in [2.75, 3.05) is 25.5 Å². The van der Waals surface area contributed by atoms with E-state index in [0.29, 0.717) is 17.9 Å². The van der Waals surface area contributed by atoms with Crippen molar-refractivity contribution >= 4 is 11.7 Å². The minimum absolute atomic E-state index is 0.147. The quantitative estimate of drug-likeness (QED) is 0.461. The summed E-state index contributed by atoms with van der Waals surface area (Å²) in [7, 11) is 1.65. The smallest absolute Gasteiger partial charge is 0.239 e. The van der Waals surface area contributed by atoms with Gasteiger partial charge in [-0.1, -0.05) is 37.1 Å². The first-order valence-electron chi connectivity index (χ1n) is 12.4. The predicted molar refractivity (Wildman–Crippen MR) is 139 cm³/mol. The highest BCUT2D eigenvalue weighted by Crippen LogP contribution is 2.32. The molecule has 1 aliphatic rings. The molecule has 1 atom stereocenters. The van der Waals surface area contributed by atoms with Gasteiger partial charge in [0.25, 0.3) is 0 Å². The highest BCUT2D eigenvalue weighted by atomic mass is 19.1. The maximum atomic E-state index is 13.4. The summed E-state index contributed by atoms with van der Waals surface area (Å²) in [5, 5.41) is 12.9. The minimum atomic E-state index is -0.297. The van der Waals surface area contributed by atoms with Gasteiger partial charge in [0.15, 0.2) is 0 Å². The first-order valence-corrected chi connectivity index (χ1v) is 12.4. The second-order valence-corrected chi connectivity index (χ2v) is 9.42. The van der Waals surface area contributed by atoms with Crippen LogP contribution < -0.4 is 10.1 Å². The van der Waals surface area contributed by atoms with Crippen LogP contribution in [0, 0.1) is 31.0 Å². The van der Waals surface area contributed by atoms with E-state index in [9.17, 15) is 14.4 Å². The van der Waals surface area contributed by atoms with Gasteiger partial charge < -0.3 is 14.6 Å². The molecule has 1 aliphatic heterocycles. The molecule has 6 nitrogen and oxygen atoms in total. The van der Waals surface area contributed by atoms with Crippen LogP contribution >= 0.6 is 0 Å². The monoisotopic (exact) mass is 488 g/mol. The summed E-state index contributed by atoms with van der Waals surface area (Å²) in [6.07, 6.45) is 4.29. The van der Waals surface area contributed by atoms with Crippen molar-refractivity contribution < 1.29 is 13.9 Å². The Labute approximate surface area is 212 Å². The fraction of sp³-hybridized carbons (Fsp3) is 0.379. The van der Waals surface area contributed by atoms with Gasteiger partial charge in [-0.3, -0.25) is 9.69 Å². The number of ether oxygens (including phenoxy) is 1. The second kappa shape index (κ2) is 11.4. The number of methoxy groups -OCH3 is 1. The van der Waals surface area contributed by atoms with Crippen molar-refractivity contribution in [3.05, 3.63) is 82.3 Å². The van der Waals surface area contributed by atoms with E-state index in [4.69, 9.17) is 4.74 Å². The van der Waals surface area contributed by atoms with Gasteiger partial charge in [0.1, 0.15) is 23.5 Å². The summed E-state index contributed by atoms with van der Waals surface area (Å²) in [6.45, 7) is 5.33. The molecule has 2 aromatic carbocycles. The lowest BCUT2D eigenvalue weighted by Gasteiger charge is -2.30. The Kier molecular flexibility index (Phi) is 8.07. The van der Waals surface area contributed by atoms with E-state index < -0.39 is 0 Å². The Morgan fingerprint density at radius 1 is 1.11 bits per heavy atom. The number of hydrogen-bond acceptors (Lipinski definition) is 4. The molecule has 0 bridgehead atoms. The maximum Gasteiger partial charge on any atom is 0.239 e. The van der Waals surface area contributed by atoms with Gasteiger partial charge in [0.2, 0.25) is 5.91 Å². The van der Waals surface area contributed by atoms with E-state index in [1.54, 1.807) is 19.2 Å². The van der Waals surface area contributed by atoms with Crippen molar-refractivity contribution in [2.24, 2.45) is 0 Å². The van der Waals surface area contributed by atoms with Crippen LogP contribution in [0.15, 0.2) is 48.5 Å². The van der Waals surface area contributed by atoms with Crippen LogP contribution in [-0.4, -0.2) is 35.6 Å². The molecule has 1 N–H and O–H groups in total. The summed E-state index contributed by atoms with van der Waals surface area (Å²) in [4.78, 5) is 15.6. The van der Waals surface area contributed by atoms with Crippen LogP contribution in [0.2, 0.25) is 0 Å². The maximum absolute atomic E-state index is 13.4.